The van der Waals surface area contributed by atoms with Gasteiger partial charge in [-0.2, -0.15) is 0 Å². The standard InChI is InChI=1S/C16H19FO/c1-9-5-13(6-10(2)15(9)17)16(18)14-8-11-3-4-12(14)7-11/h5-6,11-12,14H,3-4,7-8H2,1-2H3. The Morgan fingerprint density at radius 1 is 1.17 bits per heavy atom. The van der Waals surface area contributed by atoms with E-state index in [1.807, 2.05) is 0 Å². The third kappa shape index (κ3) is 1.79. The SMILES string of the molecule is Cc1cc(C(=O)C2CC3CCC2C3)cc(C)c1F. The van der Waals surface area contributed by atoms with Gasteiger partial charge in [0.2, 0.25) is 0 Å². The van der Waals surface area contributed by atoms with Gasteiger partial charge in [-0.25, -0.2) is 4.39 Å². The number of benzene rings is 1. The predicted octanol–water partition coefficient (Wildman–Crippen LogP) is 4.06. The highest BCUT2D eigenvalue weighted by molar-refractivity contribution is 5.98. The van der Waals surface area contributed by atoms with E-state index in [0.717, 1.165) is 12.3 Å². The van der Waals surface area contributed by atoms with Crippen molar-refractivity contribution in [3.8, 4) is 0 Å². The number of carbonyl (C=O) groups is 1. The first-order valence-electron chi connectivity index (χ1n) is 6.87. The molecule has 2 saturated carbocycles. The smallest absolute Gasteiger partial charge is 0.166 e. The molecule has 18 heavy (non-hydrogen) atoms. The fourth-order valence-electron chi connectivity index (χ4n) is 3.87. The van der Waals surface area contributed by atoms with E-state index in [9.17, 15) is 9.18 Å². The summed E-state index contributed by atoms with van der Waals surface area (Å²) in [7, 11) is 0. The van der Waals surface area contributed by atoms with Crippen LogP contribution in [-0.2, 0) is 0 Å². The Labute approximate surface area is 107 Å². The van der Waals surface area contributed by atoms with Crippen molar-refractivity contribution in [1.29, 1.82) is 0 Å². The molecule has 0 radical (unpaired) electrons. The number of ketones is 1. The summed E-state index contributed by atoms with van der Waals surface area (Å²) < 4.78 is 13.6. The Kier molecular flexibility index (Phi) is 2.76. The number of hydrogen-bond acceptors (Lipinski definition) is 1. The largest absolute Gasteiger partial charge is 0.294 e. The Morgan fingerprint density at radius 3 is 2.33 bits per heavy atom. The van der Waals surface area contributed by atoms with E-state index in [1.165, 1.54) is 19.3 Å². The van der Waals surface area contributed by atoms with Gasteiger partial charge in [0.1, 0.15) is 5.82 Å². The van der Waals surface area contributed by atoms with Crippen molar-refractivity contribution >= 4 is 5.78 Å². The summed E-state index contributed by atoms with van der Waals surface area (Å²) in [5.74, 6) is 1.63. The van der Waals surface area contributed by atoms with Gasteiger partial charge in [0.05, 0.1) is 0 Å². The van der Waals surface area contributed by atoms with Gasteiger partial charge in [0.25, 0.3) is 0 Å². The van der Waals surface area contributed by atoms with Gasteiger partial charge < -0.3 is 0 Å². The Balaban J connectivity index is 1.89. The summed E-state index contributed by atoms with van der Waals surface area (Å²) in [5.41, 5.74) is 1.88. The third-order valence-electron chi connectivity index (χ3n) is 4.80. The molecule has 2 aliphatic carbocycles. The lowest BCUT2D eigenvalue weighted by Crippen LogP contribution is -2.21. The summed E-state index contributed by atoms with van der Waals surface area (Å²) in [4.78, 5) is 12.5. The lowest BCUT2D eigenvalue weighted by Gasteiger charge is -2.20. The van der Waals surface area contributed by atoms with E-state index in [0.29, 0.717) is 22.6 Å². The lowest BCUT2D eigenvalue weighted by atomic mass is 9.83. The first-order chi connectivity index (χ1) is 8.56. The Hall–Kier alpha value is -1.18. The van der Waals surface area contributed by atoms with Crippen LogP contribution in [-0.4, -0.2) is 5.78 Å². The molecule has 3 unspecified atom stereocenters. The monoisotopic (exact) mass is 246 g/mol. The normalized spacial score (nSPS) is 29.8. The zero-order valence-electron chi connectivity index (χ0n) is 11.0. The highest BCUT2D eigenvalue weighted by Crippen LogP contribution is 2.49. The second kappa shape index (κ2) is 4.18. The van der Waals surface area contributed by atoms with E-state index in [2.05, 4.69) is 0 Å². The van der Waals surface area contributed by atoms with Crippen LogP contribution in [0.5, 0.6) is 0 Å². The van der Waals surface area contributed by atoms with Gasteiger partial charge >= 0.3 is 0 Å². The molecule has 1 nitrogen and oxygen atoms in total. The number of carbonyl (C=O) groups excluding carboxylic acids is 1. The number of Topliss-reactive ketones (excluding diaryl/α,β-unsaturated/α-hetero) is 1. The molecule has 0 aliphatic heterocycles. The minimum atomic E-state index is -0.181. The first kappa shape index (κ1) is 11.9. The molecular formula is C16H19FO. The van der Waals surface area contributed by atoms with Crippen molar-refractivity contribution in [3.05, 3.63) is 34.6 Å². The predicted molar refractivity (Wildman–Crippen MR) is 69.1 cm³/mol. The van der Waals surface area contributed by atoms with E-state index >= 15 is 0 Å². The summed E-state index contributed by atoms with van der Waals surface area (Å²) in [5, 5.41) is 0. The van der Waals surface area contributed by atoms with Crippen molar-refractivity contribution in [3.63, 3.8) is 0 Å². The van der Waals surface area contributed by atoms with Crippen molar-refractivity contribution < 1.29 is 9.18 Å². The number of aryl methyl sites for hydroxylation is 2. The van der Waals surface area contributed by atoms with Gasteiger partial charge in [-0.05, 0) is 68.2 Å². The molecule has 0 heterocycles. The molecule has 0 saturated heterocycles. The van der Waals surface area contributed by atoms with Crippen LogP contribution in [0.2, 0.25) is 0 Å². The molecule has 1 aromatic rings. The molecule has 0 N–H and O–H groups in total. The van der Waals surface area contributed by atoms with Crippen LogP contribution in [0.3, 0.4) is 0 Å². The molecule has 2 heteroatoms. The molecule has 2 fully saturated rings. The van der Waals surface area contributed by atoms with Crippen molar-refractivity contribution in [2.24, 2.45) is 17.8 Å². The van der Waals surface area contributed by atoms with Crippen molar-refractivity contribution in [2.75, 3.05) is 0 Å². The minimum absolute atomic E-state index is 0.181. The topological polar surface area (TPSA) is 17.1 Å². The maximum absolute atomic E-state index is 13.6. The van der Waals surface area contributed by atoms with Crippen molar-refractivity contribution in [2.45, 2.75) is 39.5 Å². The maximum Gasteiger partial charge on any atom is 0.166 e. The van der Waals surface area contributed by atoms with Crippen molar-refractivity contribution in [1.82, 2.24) is 0 Å². The summed E-state index contributed by atoms with van der Waals surface area (Å²) in [6.45, 7) is 3.47. The van der Waals surface area contributed by atoms with Crippen LogP contribution in [0.1, 0.15) is 47.2 Å². The van der Waals surface area contributed by atoms with Crippen LogP contribution < -0.4 is 0 Å². The van der Waals surface area contributed by atoms with Crippen LogP contribution in [0.15, 0.2) is 12.1 Å². The molecule has 2 aliphatic rings. The molecular weight excluding hydrogens is 227 g/mol. The second-order valence-corrected chi connectivity index (χ2v) is 6.07. The summed E-state index contributed by atoms with van der Waals surface area (Å²) >= 11 is 0. The molecule has 0 amide bonds. The summed E-state index contributed by atoms with van der Waals surface area (Å²) in [6, 6.07) is 3.44. The Bertz CT molecular complexity index is 483. The third-order valence-corrected chi connectivity index (χ3v) is 4.80. The van der Waals surface area contributed by atoms with Crippen LogP contribution >= 0.6 is 0 Å². The van der Waals surface area contributed by atoms with Crippen LogP contribution in [0.4, 0.5) is 4.39 Å². The van der Waals surface area contributed by atoms with E-state index in [4.69, 9.17) is 0 Å². The average molecular weight is 246 g/mol. The van der Waals surface area contributed by atoms with Gasteiger partial charge in [0.15, 0.2) is 5.78 Å². The second-order valence-electron chi connectivity index (χ2n) is 6.07. The van der Waals surface area contributed by atoms with Crippen LogP contribution in [0, 0.1) is 37.4 Å². The Morgan fingerprint density at radius 2 is 1.83 bits per heavy atom. The molecule has 0 aromatic heterocycles. The molecule has 3 rings (SSSR count). The van der Waals surface area contributed by atoms with Gasteiger partial charge in [-0.1, -0.05) is 6.42 Å². The number of fused-ring (bicyclic) bond motifs is 2. The molecule has 96 valence electrons. The zero-order valence-corrected chi connectivity index (χ0v) is 11.0. The molecule has 2 bridgehead atoms. The number of halogens is 1. The van der Waals surface area contributed by atoms with E-state index in [1.54, 1.807) is 26.0 Å². The van der Waals surface area contributed by atoms with Crippen LogP contribution in [0.25, 0.3) is 0 Å². The average Bonchev–Trinajstić information content (AvgIpc) is 2.96. The lowest BCUT2D eigenvalue weighted by molar-refractivity contribution is 0.0874. The molecule has 0 spiro atoms. The maximum atomic E-state index is 13.6. The molecule has 3 atom stereocenters. The minimum Gasteiger partial charge on any atom is -0.294 e. The molecule has 1 aromatic carbocycles. The number of hydrogen-bond donors (Lipinski definition) is 0. The van der Waals surface area contributed by atoms with Gasteiger partial charge in [-0.15, -0.1) is 0 Å². The van der Waals surface area contributed by atoms with E-state index in [-0.39, 0.29) is 17.5 Å². The zero-order chi connectivity index (χ0) is 12.9. The highest BCUT2D eigenvalue weighted by atomic mass is 19.1. The fourth-order valence-corrected chi connectivity index (χ4v) is 3.87. The quantitative estimate of drug-likeness (QED) is 0.719. The first-order valence-corrected chi connectivity index (χ1v) is 6.87. The highest BCUT2D eigenvalue weighted by Gasteiger charge is 2.43. The van der Waals surface area contributed by atoms with E-state index < -0.39 is 0 Å². The number of rotatable bonds is 2. The fraction of sp³-hybridized carbons (Fsp3) is 0.562. The summed E-state index contributed by atoms with van der Waals surface area (Å²) in [6.07, 6.45) is 4.80. The van der Waals surface area contributed by atoms with Gasteiger partial charge in [0, 0.05) is 11.5 Å². The van der Waals surface area contributed by atoms with Gasteiger partial charge in [-0.3, -0.25) is 4.79 Å².